The van der Waals surface area contributed by atoms with Crippen LogP contribution in [0.5, 0.6) is 0 Å². The summed E-state index contributed by atoms with van der Waals surface area (Å²) in [5.74, 6) is -1.00. The standard InChI is InChI=1S/C9H16BrCl2NO2/c1-6(2)13-7(8(11)12)9(5-10,14-3)15-4/h6,8H,5H2,1-4H3. The summed E-state index contributed by atoms with van der Waals surface area (Å²) in [5, 5.41) is 0.411. The van der Waals surface area contributed by atoms with Gasteiger partial charge in [0.15, 0.2) is 4.84 Å². The molecule has 0 atom stereocenters. The van der Waals surface area contributed by atoms with Crippen molar-refractivity contribution in [2.75, 3.05) is 19.5 Å². The largest absolute Gasteiger partial charge is 0.348 e. The summed E-state index contributed by atoms with van der Waals surface area (Å²) in [7, 11) is 3.05. The van der Waals surface area contributed by atoms with Crippen LogP contribution >= 0.6 is 39.1 Å². The van der Waals surface area contributed by atoms with Crippen LogP contribution < -0.4 is 0 Å². The Morgan fingerprint density at radius 2 is 1.80 bits per heavy atom. The Kier molecular flexibility index (Phi) is 7.38. The van der Waals surface area contributed by atoms with Crippen molar-refractivity contribution in [3.8, 4) is 0 Å². The van der Waals surface area contributed by atoms with E-state index in [0.29, 0.717) is 11.0 Å². The summed E-state index contributed by atoms with van der Waals surface area (Å²) in [4.78, 5) is 3.57. The van der Waals surface area contributed by atoms with Gasteiger partial charge in [0, 0.05) is 20.3 Å². The lowest BCUT2D eigenvalue weighted by molar-refractivity contribution is -0.135. The van der Waals surface area contributed by atoms with Crippen molar-refractivity contribution < 1.29 is 9.47 Å². The van der Waals surface area contributed by atoms with Gasteiger partial charge in [-0.25, -0.2) is 0 Å². The van der Waals surface area contributed by atoms with Crippen LogP contribution in [0.1, 0.15) is 13.8 Å². The first-order valence-electron chi connectivity index (χ1n) is 4.46. The first-order valence-corrected chi connectivity index (χ1v) is 6.45. The molecule has 90 valence electrons. The first-order chi connectivity index (χ1) is 6.93. The van der Waals surface area contributed by atoms with E-state index in [1.165, 1.54) is 14.2 Å². The molecular weight excluding hydrogens is 305 g/mol. The van der Waals surface area contributed by atoms with E-state index in [-0.39, 0.29) is 6.04 Å². The maximum atomic E-state index is 5.86. The third-order valence-electron chi connectivity index (χ3n) is 1.83. The molecule has 0 saturated carbocycles. The molecule has 0 aliphatic heterocycles. The third kappa shape index (κ3) is 4.19. The van der Waals surface area contributed by atoms with Crippen molar-refractivity contribution >= 4 is 44.8 Å². The third-order valence-corrected chi connectivity index (χ3v) is 2.98. The molecule has 0 unspecified atom stereocenters. The Balaban J connectivity index is 5.19. The minimum Gasteiger partial charge on any atom is -0.348 e. The van der Waals surface area contributed by atoms with Crippen LogP contribution in [0.3, 0.4) is 0 Å². The first kappa shape index (κ1) is 15.7. The number of ether oxygens (including phenoxy) is 2. The average Bonchev–Trinajstić information content (AvgIpc) is 2.19. The molecule has 0 fully saturated rings. The van der Waals surface area contributed by atoms with E-state index in [0.717, 1.165) is 0 Å². The van der Waals surface area contributed by atoms with E-state index in [1.807, 2.05) is 13.8 Å². The minimum atomic E-state index is -1.00. The Morgan fingerprint density at radius 3 is 2.00 bits per heavy atom. The van der Waals surface area contributed by atoms with E-state index in [4.69, 9.17) is 32.7 Å². The van der Waals surface area contributed by atoms with Crippen molar-refractivity contribution in [3.05, 3.63) is 0 Å². The molecule has 0 aromatic rings. The molecule has 6 heteroatoms. The predicted octanol–water partition coefficient (Wildman–Crippen LogP) is 3.02. The number of nitrogens with zero attached hydrogens (tertiary/aromatic N) is 1. The van der Waals surface area contributed by atoms with E-state index in [2.05, 4.69) is 20.9 Å². The normalized spacial score (nSPS) is 14.1. The molecule has 0 saturated heterocycles. The fraction of sp³-hybridized carbons (Fsp3) is 0.889. The number of rotatable bonds is 6. The van der Waals surface area contributed by atoms with E-state index < -0.39 is 10.6 Å². The van der Waals surface area contributed by atoms with Crippen molar-refractivity contribution in [1.82, 2.24) is 0 Å². The molecule has 0 bridgehead atoms. The lowest BCUT2D eigenvalue weighted by Gasteiger charge is -2.31. The zero-order chi connectivity index (χ0) is 12.1. The lowest BCUT2D eigenvalue weighted by Crippen LogP contribution is -2.47. The van der Waals surface area contributed by atoms with E-state index in [1.54, 1.807) is 0 Å². The maximum absolute atomic E-state index is 5.86. The number of aliphatic imine (C=N–C) groups is 1. The summed E-state index contributed by atoms with van der Waals surface area (Å²) < 4.78 is 10.6. The quantitative estimate of drug-likeness (QED) is 0.428. The fourth-order valence-electron chi connectivity index (χ4n) is 1.07. The smallest absolute Gasteiger partial charge is 0.220 e. The monoisotopic (exact) mass is 319 g/mol. The Hall–Kier alpha value is 0.650. The van der Waals surface area contributed by atoms with Gasteiger partial charge in [0.1, 0.15) is 5.71 Å². The topological polar surface area (TPSA) is 30.8 Å². The number of methoxy groups -OCH3 is 2. The van der Waals surface area contributed by atoms with Gasteiger partial charge < -0.3 is 9.47 Å². The van der Waals surface area contributed by atoms with Crippen molar-refractivity contribution in [1.29, 1.82) is 0 Å². The van der Waals surface area contributed by atoms with Crippen LogP contribution in [0.15, 0.2) is 4.99 Å². The second-order valence-corrected chi connectivity index (χ2v) is 4.86. The van der Waals surface area contributed by atoms with Gasteiger partial charge >= 0.3 is 0 Å². The highest BCUT2D eigenvalue weighted by Crippen LogP contribution is 2.24. The highest BCUT2D eigenvalue weighted by Gasteiger charge is 2.38. The van der Waals surface area contributed by atoms with Crippen LogP contribution in [-0.4, -0.2) is 41.9 Å². The van der Waals surface area contributed by atoms with Gasteiger partial charge in [-0.2, -0.15) is 0 Å². The molecule has 0 spiro atoms. The minimum absolute atomic E-state index is 0.0729. The number of halogens is 3. The van der Waals surface area contributed by atoms with Gasteiger partial charge in [-0.1, -0.05) is 39.1 Å². The molecular formula is C9H16BrCl2NO2. The van der Waals surface area contributed by atoms with Crippen molar-refractivity contribution in [3.63, 3.8) is 0 Å². The van der Waals surface area contributed by atoms with Gasteiger partial charge in [-0.05, 0) is 13.8 Å². The molecule has 0 rings (SSSR count). The zero-order valence-corrected chi connectivity index (χ0v) is 12.4. The molecule has 0 aliphatic rings. The molecule has 0 aromatic carbocycles. The van der Waals surface area contributed by atoms with Gasteiger partial charge in [0.2, 0.25) is 5.79 Å². The highest BCUT2D eigenvalue weighted by atomic mass is 79.9. The van der Waals surface area contributed by atoms with Crippen molar-refractivity contribution in [2.45, 2.75) is 30.5 Å². The SMILES string of the molecule is COC(CBr)(OC)C(=NC(C)C)C(Cl)Cl. The maximum Gasteiger partial charge on any atom is 0.220 e. The molecule has 0 amide bonds. The lowest BCUT2D eigenvalue weighted by atomic mass is 10.2. The van der Waals surface area contributed by atoms with Crippen LogP contribution in [-0.2, 0) is 9.47 Å². The second-order valence-electron chi connectivity index (χ2n) is 3.20. The van der Waals surface area contributed by atoms with Crippen LogP contribution in [0.2, 0.25) is 0 Å². The highest BCUT2D eigenvalue weighted by molar-refractivity contribution is 9.09. The molecule has 0 aromatic heterocycles. The Bertz CT molecular complexity index is 210. The fourth-order valence-corrected chi connectivity index (χ4v) is 2.26. The summed E-state index contributed by atoms with van der Waals surface area (Å²) in [6.07, 6.45) is 0. The summed E-state index contributed by atoms with van der Waals surface area (Å²) in [5.41, 5.74) is 0.475. The van der Waals surface area contributed by atoms with Crippen LogP contribution in [0.25, 0.3) is 0 Å². The summed E-state index contributed by atoms with van der Waals surface area (Å²) >= 11 is 15.0. The number of alkyl halides is 3. The molecule has 0 aliphatic carbocycles. The van der Waals surface area contributed by atoms with Crippen molar-refractivity contribution in [2.24, 2.45) is 4.99 Å². The van der Waals surface area contributed by atoms with E-state index >= 15 is 0 Å². The summed E-state index contributed by atoms with van der Waals surface area (Å²) in [6.45, 7) is 3.86. The molecule has 0 radical (unpaired) electrons. The Labute approximate surface area is 109 Å². The zero-order valence-electron chi connectivity index (χ0n) is 9.26. The van der Waals surface area contributed by atoms with E-state index in [9.17, 15) is 0 Å². The van der Waals surface area contributed by atoms with Crippen LogP contribution in [0.4, 0.5) is 0 Å². The van der Waals surface area contributed by atoms with Gasteiger partial charge in [0.25, 0.3) is 0 Å². The number of hydrogen-bond donors (Lipinski definition) is 0. The summed E-state index contributed by atoms with van der Waals surface area (Å²) in [6, 6.07) is 0.0729. The molecule has 0 heterocycles. The van der Waals surface area contributed by atoms with Gasteiger partial charge in [-0.15, -0.1) is 0 Å². The molecule has 15 heavy (non-hydrogen) atoms. The molecule has 3 nitrogen and oxygen atoms in total. The average molecular weight is 321 g/mol. The second kappa shape index (κ2) is 7.07. The number of hydrogen-bond acceptors (Lipinski definition) is 3. The van der Waals surface area contributed by atoms with Gasteiger partial charge in [-0.3, -0.25) is 4.99 Å². The molecule has 0 N–H and O–H groups in total. The van der Waals surface area contributed by atoms with Gasteiger partial charge in [0.05, 0.1) is 5.33 Å². The Morgan fingerprint density at radius 1 is 1.33 bits per heavy atom. The predicted molar refractivity (Wildman–Crippen MR) is 68.6 cm³/mol. The van der Waals surface area contributed by atoms with Crippen LogP contribution in [0, 0.1) is 0 Å².